The maximum Gasteiger partial charge on any atom is 0.335 e. The summed E-state index contributed by atoms with van der Waals surface area (Å²) < 4.78 is 27.2. The highest BCUT2D eigenvalue weighted by molar-refractivity contribution is 7.89. The van der Waals surface area contributed by atoms with Gasteiger partial charge in [-0.15, -0.1) is 0 Å². The van der Waals surface area contributed by atoms with Gasteiger partial charge in [0.2, 0.25) is 10.0 Å². The quantitative estimate of drug-likeness (QED) is 0.670. The molecule has 0 radical (unpaired) electrons. The Morgan fingerprint density at radius 3 is 2.20 bits per heavy atom. The molecular weight excluding hydrogens is 404 g/mol. The number of anilines is 1. The van der Waals surface area contributed by atoms with E-state index in [1.165, 1.54) is 34.9 Å². The van der Waals surface area contributed by atoms with Crippen LogP contribution in [0.15, 0.2) is 71.9 Å². The predicted octanol–water partition coefficient (Wildman–Crippen LogP) is 2.35. The van der Waals surface area contributed by atoms with Crippen molar-refractivity contribution in [1.29, 1.82) is 0 Å². The number of benzene rings is 2. The Bertz CT molecular complexity index is 1140. The molecule has 1 aromatic heterocycles. The molecule has 154 valence electrons. The molecule has 30 heavy (non-hydrogen) atoms. The van der Waals surface area contributed by atoms with Gasteiger partial charge < -0.3 is 10.0 Å². The summed E-state index contributed by atoms with van der Waals surface area (Å²) in [4.78, 5) is 21.8. The molecule has 9 heteroatoms. The van der Waals surface area contributed by atoms with Gasteiger partial charge in [0.15, 0.2) is 0 Å². The summed E-state index contributed by atoms with van der Waals surface area (Å²) in [7, 11) is -3.68. The molecule has 2 heterocycles. The van der Waals surface area contributed by atoms with Gasteiger partial charge in [-0.1, -0.05) is 30.3 Å². The van der Waals surface area contributed by atoms with E-state index in [0.717, 1.165) is 17.1 Å². The van der Waals surface area contributed by atoms with E-state index in [9.17, 15) is 13.2 Å². The van der Waals surface area contributed by atoms with E-state index in [4.69, 9.17) is 5.11 Å². The van der Waals surface area contributed by atoms with Crippen LogP contribution in [0.2, 0.25) is 0 Å². The molecule has 1 fully saturated rings. The SMILES string of the molecule is O=C(O)c1ccc(S(=O)(=O)N2CCN(c3cc(-c4ccccc4)ncn3)CC2)cc1. The van der Waals surface area contributed by atoms with Crippen molar-refractivity contribution in [3.63, 3.8) is 0 Å². The highest BCUT2D eigenvalue weighted by atomic mass is 32.2. The maximum atomic E-state index is 12.9. The molecule has 4 rings (SSSR count). The average Bonchev–Trinajstić information content (AvgIpc) is 2.80. The number of nitrogens with zero attached hydrogens (tertiary/aromatic N) is 4. The first kappa shape index (κ1) is 20.0. The van der Waals surface area contributed by atoms with E-state index in [-0.39, 0.29) is 10.5 Å². The van der Waals surface area contributed by atoms with Crippen molar-refractivity contribution in [2.24, 2.45) is 0 Å². The predicted molar refractivity (Wildman–Crippen MR) is 112 cm³/mol. The van der Waals surface area contributed by atoms with E-state index in [0.29, 0.717) is 26.2 Å². The zero-order valence-electron chi connectivity index (χ0n) is 16.0. The van der Waals surface area contributed by atoms with Crippen molar-refractivity contribution in [1.82, 2.24) is 14.3 Å². The lowest BCUT2D eigenvalue weighted by molar-refractivity contribution is 0.0696. The van der Waals surface area contributed by atoms with Gasteiger partial charge in [-0.3, -0.25) is 0 Å². The zero-order valence-corrected chi connectivity index (χ0v) is 16.9. The first-order chi connectivity index (χ1) is 14.4. The smallest absolute Gasteiger partial charge is 0.335 e. The third kappa shape index (κ3) is 4.03. The number of hydrogen-bond donors (Lipinski definition) is 1. The van der Waals surface area contributed by atoms with Crippen LogP contribution >= 0.6 is 0 Å². The largest absolute Gasteiger partial charge is 0.478 e. The number of carboxylic acid groups (broad SMARTS) is 1. The molecule has 0 aliphatic carbocycles. The molecule has 1 aliphatic rings. The Morgan fingerprint density at radius 1 is 0.900 bits per heavy atom. The second-order valence-corrected chi connectivity index (χ2v) is 8.79. The molecule has 0 amide bonds. The van der Waals surface area contributed by atoms with Crippen molar-refractivity contribution >= 4 is 21.8 Å². The molecular formula is C21H20N4O4S. The van der Waals surface area contributed by atoms with Crippen LogP contribution in [0.1, 0.15) is 10.4 Å². The molecule has 0 bridgehead atoms. The molecule has 1 N–H and O–H groups in total. The standard InChI is InChI=1S/C21H20N4O4S/c26-21(27)17-6-8-18(9-7-17)30(28,29)25-12-10-24(11-13-25)20-14-19(22-15-23-20)16-4-2-1-3-5-16/h1-9,14-15H,10-13H2,(H,26,27). The first-order valence-electron chi connectivity index (χ1n) is 9.41. The lowest BCUT2D eigenvalue weighted by Gasteiger charge is -2.34. The lowest BCUT2D eigenvalue weighted by Crippen LogP contribution is -2.48. The molecule has 1 aliphatic heterocycles. The number of carboxylic acids is 1. The van der Waals surface area contributed by atoms with Crippen molar-refractivity contribution in [3.8, 4) is 11.3 Å². The van der Waals surface area contributed by atoms with E-state index in [1.807, 2.05) is 41.3 Å². The van der Waals surface area contributed by atoms with Crippen LogP contribution in [-0.2, 0) is 10.0 Å². The molecule has 0 saturated carbocycles. The summed E-state index contributed by atoms with van der Waals surface area (Å²) >= 11 is 0. The van der Waals surface area contributed by atoms with Crippen LogP contribution in [0.4, 0.5) is 5.82 Å². The van der Waals surface area contributed by atoms with Crippen molar-refractivity contribution in [2.75, 3.05) is 31.1 Å². The Hall–Kier alpha value is -3.30. The summed E-state index contributed by atoms with van der Waals surface area (Å²) in [5.74, 6) is -0.334. The zero-order chi connectivity index (χ0) is 21.1. The summed E-state index contributed by atoms with van der Waals surface area (Å²) in [6.45, 7) is 1.62. The van der Waals surface area contributed by atoms with Crippen LogP contribution in [0.5, 0.6) is 0 Å². The number of aromatic nitrogens is 2. The number of carbonyl (C=O) groups is 1. The van der Waals surface area contributed by atoms with Crippen molar-refractivity contribution < 1.29 is 18.3 Å². The Labute approximate surface area is 174 Å². The van der Waals surface area contributed by atoms with E-state index >= 15 is 0 Å². The van der Waals surface area contributed by atoms with Crippen LogP contribution in [0.25, 0.3) is 11.3 Å². The van der Waals surface area contributed by atoms with E-state index in [1.54, 1.807) is 0 Å². The maximum absolute atomic E-state index is 12.9. The molecule has 2 aromatic carbocycles. The normalized spacial score (nSPS) is 15.1. The summed E-state index contributed by atoms with van der Waals surface area (Å²) in [6.07, 6.45) is 1.52. The molecule has 1 saturated heterocycles. The fourth-order valence-corrected chi connectivity index (χ4v) is 4.79. The van der Waals surface area contributed by atoms with Gasteiger partial charge in [-0.25, -0.2) is 23.2 Å². The van der Waals surface area contributed by atoms with Crippen molar-refractivity contribution in [2.45, 2.75) is 4.90 Å². The van der Waals surface area contributed by atoms with E-state index < -0.39 is 16.0 Å². The lowest BCUT2D eigenvalue weighted by atomic mass is 10.1. The van der Waals surface area contributed by atoms with Crippen LogP contribution in [0.3, 0.4) is 0 Å². The summed E-state index contributed by atoms with van der Waals surface area (Å²) in [6, 6.07) is 17.0. The van der Waals surface area contributed by atoms with Crippen LogP contribution < -0.4 is 4.90 Å². The second kappa shape index (κ2) is 8.21. The summed E-state index contributed by atoms with van der Waals surface area (Å²) in [5, 5.41) is 8.98. The molecule has 0 spiro atoms. The van der Waals surface area contributed by atoms with Gasteiger partial charge in [0.05, 0.1) is 16.2 Å². The number of hydrogen-bond acceptors (Lipinski definition) is 6. The molecule has 8 nitrogen and oxygen atoms in total. The van der Waals surface area contributed by atoms with Gasteiger partial charge >= 0.3 is 5.97 Å². The number of rotatable bonds is 5. The van der Waals surface area contributed by atoms with Gasteiger partial charge in [0, 0.05) is 37.8 Å². The Kier molecular flexibility index (Phi) is 5.47. The fraction of sp³-hybridized carbons (Fsp3) is 0.190. The Morgan fingerprint density at radius 2 is 1.57 bits per heavy atom. The minimum Gasteiger partial charge on any atom is -0.478 e. The van der Waals surface area contributed by atoms with Crippen LogP contribution in [0, 0.1) is 0 Å². The van der Waals surface area contributed by atoms with Gasteiger partial charge in [0.25, 0.3) is 0 Å². The molecule has 3 aromatic rings. The highest BCUT2D eigenvalue weighted by Gasteiger charge is 2.29. The van der Waals surface area contributed by atoms with Gasteiger partial charge in [-0.05, 0) is 24.3 Å². The van der Waals surface area contributed by atoms with Gasteiger partial charge in [-0.2, -0.15) is 4.31 Å². The topological polar surface area (TPSA) is 104 Å². The van der Waals surface area contributed by atoms with E-state index in [2.05, 4.69) is 9.97 Å². The fourth-order valence-electron chi connectivity index (χ4n) is 3.36. The average molecular weight is 424 g/mol. The third-order valence-corrected chi connectivity index (χ3v) is 6.94. The Balaban J connectivity index is 1.47. The minimum atomic E-state index is -3.68. The third-order valence-electron chi connectivity index (χ3n) is 5.02. The number of sulfonamides is 1. The van der Waals surface area contributed by atoms with Crippen molar-refractivity contribution in [3.05, 3.63) is 72.6 Å². The monoisotopic (exact) mass is 424 g/mol. The first-order valence-corrected chi connectivity index (χ1v) is 10.8. The molecule has 0 unspecified atom stereocenters. The number of piperazine rings is 1. The van der Waals surface area contributed by atoms with Gasteiger partial charge in [0.1, 0.15) is 12.1 Å². The second-order valence-electron chi connectivity index (χ2n) is 6.85. The minimum absolute atomic E-state index is 0.0525. The van der Waals surface area contributed by atoms with Crippen LogP contribution in [-0.4, -0.2) is 59.9 Å². The number of aromatic carboxylic acids is 1. The summed E-state index contributed by atoms with van der Waals surface area (Å²) in [5.41, 5.74) is 1.86. The molecule has 0 atom stereocenters. The highest BCUT2D eigenvalue weighted by Crippen LogP contribution is 2.23.